The molecular weight excluding hydrogens is 358 g/mol. The Morgan fingerprint density at radius 2 is 1.79 bits per heavy atom. The van der Waals surface area contributed by atoms with Crippen LogP contribution >= 0.6 is 0 Å². The Hall–Kier alpha value is -3.87. The number of amides is 2. The third-order valence-corrected chi connectivity index (χ3v) is 4.26. The maximum atomic E-state index is 12.5. The van der Waals surface area contributed by atoms with Gasteiger partial charge in [0.05, 0.1) is 5.56 Å². The second kappa shape index (κ2) is 7.79. The number of anilines is 1. The van der Waals surface area contributed by atoms with E-state index in [1.165, 1.54) is 6.20 Å². The number of rotatable bonds is 5. The van der Waals surface area contributed by atoms with Gasteiger partial charge in [-0.2, -0.15) is 0 Å². The summed E-state index contributed by atoms with van der Waals surface area (Å²) in [7, 11) is 0. The van der Waals surface area contributed by atoms with Gasteiger partial charge in [-0.25, -0.2) is 0 Å². The molecule has 2 N–H and O–H groups in total. The van der Waals surface area contributed by atoms with Crippen LogP contribution in [0.5, 0.6) is 11.5 Å². The highest BCUT2D eigenvalue weighted by Gasteiger charge is 2.16. The van der Waals surface area contributed by atoms with Crippen LogP contribution in [-0.2, 0) is 6.54 Å². The van der Waals surface area contributed by atoms with Crippen LogP contribution in [0.3, 0.4) is 0 Å². The zero-order valence-electron chi connectivity index (χ0n) is 14.8. The van der Waals surface area contributed by atoms with Crippen molar-refractivity contribution in [2.45, 2.75) is 6.54 Å². The molecule has 3 aromatic rings. The number of carbonyl (C=O) groups excluding carboxylic acids is 2. The number of ether oxygens (including phenoxy) is 2. The lowest BCUT2D eigenvalue weighted by Gasteiger charge is -2.12. The molecule has 2 heterocycles. The third-order valence-electron chi connectivity index (χ3n) is 4.26. The van der Waals surface area contributed by atoms with Gasteiger partial charge in [-0.05, 0) is 42.0 Å². The molecule has 0 radical (unpaired) electrons. The molecule has 0 bridgehead atoms. The molecule has 1 aliphatic heterocycles. The Labute approximate surface area is 161 Å². The van der Waals surface area contributed by atoms with Crippen LogP contribution in [0, 0.1) is 0 Å². The van der Waals surface area contributed by atoms with E-state index in [1.807, 2.05) is 18.2 Å². The van der Waals surface area contributed by atoms with Crippen molar-refractivity contribution in [2.24, 2.45) is 0 Å². The molecule has 0 fully saturated rings. The number of fused-ring (bicyclic) bond motifs is 1. The number of hydrogen-bond acceptors (Lipinski definition) is 5. The largest absolute Gasteiger partial charge is 0.454 e. The molecule has 28 heavy (non-hydrogen) atoms. The number of pyridine rings is 1. The van der Waals surface area contributed by atoms with Gasteiger partial charge in [0.2, 0.25) is 6.79 Å². The molecule has 0 aliphatic carbocycles. The van der Waals surface area contributed by atoms with Gasteiger partial charge in [0.25, 0.3) is 11.8 Å². The lowest BCUT2D eigenvalue weighted by molar-refractivity contribution is 0.0950. The number of nitrogens with zero attached hydrogens (tertiary/aromatic N) is 1. The topological polar surface area (TPSA) is 89.6 Å². The molecule has 1 aliphatic rings. The van der Waals surface area contributed by atoms with Crippen LogP contribution in [0.15, 0.2) is 67.0 Å². The zero-order chi connectivity index (χ0) is 19.3. The first kappa shape index (κ1) is 17.5. The smallest absolute Gasteiger partial charge is 0.257 e. The van der Waals surface area contributed by atoms with Gasteiger partial charge in [-0.15, -0.1) is 0 Å². The molecule has 140 valence electrons. The molecule has 0 saturated carbocycles. The first-order chi connectivity index (χ1) is 13.7. The maximum Gasteiger partial charge on any atom is 0.257 e. The van der Waals surface area contributed by atoms with Crippen LogP contribution in [0.2, 0.25) is 0 Å². The minimum absolute atomic E-state index is 0.157. The number of benzene rings is 2. The predicted octanol–water partition coefficient (Wildman–Crippen LogP) is 2.99. The van der Waals surface area contributed by atoms with Crippen molar-refractivity contribution in [1.82, 2.24) is 10.3 Å². The normalized spacial score (nSPS) is 11.7. The van der Waals surface area contributed by atoms with Crippen molar-refractivity contribution in [2.75, 3.05) is 12.1 Å². The average Bonchev–Trinajstić information content (AvgIpc) is 3.21. The summed E-state index contributed by atoms with van der Waals surface area (Å²) < 4.78 is 10.6. The Bertz CT molecular complexity index is 1020. The number of nitrogens with one attached hydrogen (secondary N) is 2. The van der Waals surface area contributed by atoms with E-state index < -0.39 is 0 Å². The van der Waals surface area contributed by atoms with Gasteiger partial charge in [-0.1, -0.05) is 18.2 Å². The van der Waals surface area contributed by atoms with Gasteiger partial charge >= 0.3 is 0 Å². The summed E-state index contributed by atoms with van der Waals surface area (Å²) in [6, 6.07) is 15.7. The Morgan fingerprint density at radius 3 is 2.64 bits per heavy atom. The lowest BCUT2D eigenvalue weighted by atomic mass is 10.1. The first-order valence-corrected chi connectivity index (χ1v) is 8.68. The number of hydrogen-bond donors (Lipinski definition) is 2. The minimum atomic E-state index is -0.261. The highest BCUT2D eigenvalue weighted by atomic mass is 16.7. The fourth-order valence-corrected chi connectivity index (χ4v) is 2.80. The molecule has 1 aromatic heterocycles. The van der Waals surface area contributed by atoms with Crippen molar-refractivity contribution in [3.05, 3.63) is 83.7 Å². The van der Waals surface area contributed by atoms with Gasteiger partial charge in [0, 0.05) is 30.2 Å². The third kappa shape index (κ3) is 3.78. The summed E-state index contributed by atoms with van der Waals surface area (Å²) in [5.41, 5.74) is 2.35. The summed E-state index contributed by atoms with van der Waals surface area (Å²) in [6.07, 6.45) is 3.11. The molecule has 0 saturated heterocycles. The quantitative estimate of drug-likeness (QED) is 0.716. The fourth-order valence-electron chi connectivity index (χ4n) is 2.80. The standard InChI is InChI=1S/C21H17N3O4/c25-20(14-7-8-18-19(10-14)28-13-27-18)23-12-15-4-1-2-6-17(15)24-21(26)16-5-3-9-22-11-16/h1-11H,12-13H2,(H,23,25)(H,24,26). The Balaban J connectivity index is 1.44. The average molecular weight is 375 g/mol. The van der Waals surface area contributed by atoms with Crippen LogP contribution in [0.1, 0.15) is 26.3 Å². The zero-order valence-corrected chi connectivity index (χ0v) is 14.8. The van der Waals surface area contributed by atoms with E-state index >= 15 is 0 Å². The number of aromatic nitrogens is 1. The molecule has 2 aromatic carbocycles. The van der Waals surface area contributed by atoms with E-state index in [0.29, 0.717) is 28.3 Å². The first-order valence-electron chi connectivity index (χ1n) is 8.68. The maximum absolute atomic E-state index is 12.5. The summed E-state index contributed by atoms with van der Waals surface area (Å²) in [6.45, 7) is 0.418. The summed E-state index contributed by atoms with van der Waals surface area (Å²) in [5, 5.41) is 5.72. The number of carbonyl (C=O) groups is 2. The molecule has 7 nitrogen and oxygen atoms in total. The van der Waals surface area contributed by atoms with Gasteiger partial charge < -0.3 is 20.1 Å². The Kier molecular flexibility index (Phi) is 4.88. The minimum Gasteiger partial charge on any atom is -0.454 e. The van der Waals surface area contributed by atoms with Gasteiger partial charge in [0.15, 0.2) is 11.5 Å². The van der Waals surface area contributed by atoms with Crippen LogP contribution in [-0.4, -0.2) is 23.6 Å². The molecule has 0 atom stereocenters. The molecule has 0 spiro atoms. The van der Waals surface area contributed by atoms with Gasteiger partial charge in [-0.3, -0.25) is 14.6 Å². The predicted molar refractivity (Wildman–Crippen MR) is 102 cm³/mol. The summed E-state index contributed by atoms with van der Waals surface area (Å²) >= 11 is 0. The van der Waals surface area contributed by atoms with E-state index in [0.717, 1.165) is 5.56 Å². The van der Waals surface area contributed by atoms with Crippen LogP contribution in [0.25, 0.3) is 0 Å². The van der Waals surface area contributed by atoms with E-state index in [-0.39, 0.29) is 25.2 Å². The van der Waals surface area contributed by atoms with E-state index in [4.69, 9.17) is 9.47 Å². The van der Waals surface area contributed by atoms with Crippen molar-refractivity contribution in [1.29, 1.82) is 0 Å². The Morgan fingerprint density at radius 1 is 0.929 bits per heavy atom. The highest BCUT2D eigenvalue weighted by molar-refractivity contribution is 6.04. The monoisotopic (exact) mass is 375 g/mol. The second-order valence-electron chi connectivity index (χ2n) is 6.10. The molecule has 4 rings (SSSR count). The lowest BCUT2D eigenvalue weighted by Crippen LogP contribution is -2.24. The number of para-hydroxylation sites is 1. The van der Waals surface area contributed by atoms with E-state index in [2.05, 4.69) is 15.6 Å². The van der Waals surface area contributed by atoms with Crippen molar-refractivity contribution >= 4 is 17.5 Å². The van der Waals surface area contributed by atoms with Crippen molar-refractivity contribution < 1.29 is 19.1 Å². The summed E-state index contributed by atoms with van der Waals surface area (Å²) in [4.78, 5) is 28.8. The second-order valence-corrected chi connectivity index (χ2v) is 6.10. The molecule has 2 amide bonds. The van der Waals surface area contributed by atoms with Crippen molar-refractivity contribution in [3.8, 4) is 11.5 Å². The van der Waals surface area contributed by atoms with Gasteiger partial charge in [0.1, 0.15) is 0 Å². The summed E-state index contributed by atoms with van der Waals surface area (Å²) in [5.74, 6) is 0.672. The van der Waals surface area contributed by atoms with E-state index in [1.54, 1.807) is 42.6 Å². The highest BCUT2D eigenvalue weighted by Crippen LogP contribution is 2.32. The van der Waals surface area contributed by atoms with Crippen LogP contribution in [0.4, 0.5) is 5.69 Å². The molecule has 0 unspecified atom stereocenters. The van der Waals surface area contributed by atoms with E-state index in [9.17, 15) is 9.59 Å². The molecule has 7 heteroatoms. The SMILES string of the molecule is O=C(NCc1ccccc1NC(=O)c1cccnc1)c1ccc2c(c1)OCO2. The fraction of sp³-hybridized carbons (Fsp3) is 0.0952. The van der Waals surface area contributed by atoms with Crippen molar-refractivity contribution in [3.63, 3.8) is 0 Å². The molecular formula is C21H17N3O4. The van der Waals surface area contributed by atoms with Crippen LogP contribution < -0.4 is 20.1 Å².